The highest BCUT2D eigenvalue weighted by Gasteiger charge is 2.21. The second kappa shape index (κ2) is 8.06. The minimum Gasteiger partial charge on any atom is -0.480 e. The van der Waals surface area contributed by atoms with Crippen LogP contribution in [0.25, 0.3) is 0 Å². The van der Waals surface area contributed by atoms with Crippen LogP contribution in [0.1, 0.15) is 33.6 Å². The van der Waals surface area contributed by atoms with Gasteiger partial charge in [-0.1, -0.05) is 20.8 Å². The molecule has 5 heteroatoms. The zero-order valence-electron chi connectivity index (χ0n) is 11.0. The highest BCUT2D eigenvalue weighted by atomic mass is 16.5. The summed E-state index contributed by atoms with van der Waals surface area (Å²) in [5.74, 6) is -0.893. The van der Waals surface area contributed by atoms with E-state index < -0.39 is 12.0 Å². The van der Waals surface area contributed by atoms with Gasteiger partial charge in [0, 0.05) is 20.1 Å². The number of nitrogens with one attached hydrogen (secondary N) is 1. The number of aliphatic carboxylic acids is 1. The summed E-state index contributed by atoms with van der Waals surface area (Å²) in [5.41, 5.74) is 0. The fourth-order valence-electron chi connectivity index (χ4n) is 1.61. The third-order valence-corrected chi connectivity index (χ3v) is 2.33. The first kappa shape index (κ1) is 15.9. The molecule has 0 aromatic rings. The fraction of sp³-hybridized carbons (Fsp3) is 0.833. The third kappa shape index (κ3) is 7.74. The number of hydrogen-bond acceptors (Lipinski definition) is 3. The molecule has 0 rings (SSSR count). The first-order valence-electron chi connectivity index (χ1n) is 5.87. The van der Waals surface area contributed by atoms with Crippen LogP contribution in [0.4, 0.5) is 0 Å². The summed E-state index contributed by atoms with van der Waals surface area (Å²) in [7, 11) is 1.58. The fourth-order valence-corrected chi connectivity index (χ4v) is 1.61. The average Bonchev–Trinajstić information content (AvgIpc) is 2.15. The summed E-state index contributed by atoms with van der Waals surface area (Å²) in [5, 5.41) is 11.5. The van der Waals surface area contributed by atoms with E-state index in [0.29, 0.717) is 13.0 Å². The molecule has 2 N–H and O–H groups in total. The number of amides is 1. The molecule has 0 heterocycles. The Morgan fingerprint density at radius 3 is 2.29 bits per heavy atom. The Balaban J connectivity index is 4.17. The molecule has 0 spiro atoms. The maximum Gasteiger partial charge on any atom is 0.326 e. The summed E-state index contributed by atoms with van der Waals surface area (Å²) < 4.78 is 4.93. The Labute approximate surface area is 103 Å². The van der Waals surface area contributed by atoms with Gasteiger partial charge in [0.05, 0.1) is 0 Å². The Bertz CT molecular complexity index is 253. The van der Waals surface area contributed by atoms with Crippen molar-refractivity contribution in [3.63, 3.8) is 0 Å². The number of carboxylic acid groups (broad SMARTS) is 1. The van der Waals surface area contributed by atoms with Crippen molar-refractivity contribution in [2.75, 3.05) is 13.7 Å². The van der Waals surface area contributed by atoms with E-state index in [4.69, 9.17) is 9.84 Å². The summed E-state index contributed by atoms with van der Waals surface area (Å²) >= 11 is 0. The van der Waals surface area contributed by atoms with Crippen molar-refractivity contribution >= 4 is 11.9 Å². The molecule has 0 aliphatic carbocycles. The van der Waals surface area contributed by atoms with Gasteiger partial charge in [-0.25, -0.2) is 4.79 Å². The largest absolute Gasteiger partial charge is 0.480 e. The molecule has 2 atom stereocenters. The quantitative estimate of drug-likeness (QED) is 0.675. The topological polar surface area (TPSA) is 75.6 Å². The number of methoxy groups -OCH3 is 1. The maximum atomic E-state index is 11.6. The van der Waals surface area contributed by atoms with Gasteiger partial charge in [0.2, 0.25) is 5.91 Å². The predicted octanol–water partition coefficient (Wildman–Crippen LogP) is 1.27. The summed E-state index contributed by atoms with van der Waals surface area (Å²) in [6.07, 6.45) is 0.732. The van der Waals surface area contributed by atoms with Crippen molar-refractivity contribution in [2.45, 2.75) is 39.7 Å². The normalized spacial score (nSPS) is 14.4. The molecule has 0 bridgehead atoms. The van der Waals surface area contributed by atoms with Gasteiger partial charge < -0.3 is 15.2 Å². The maximum absolute atomic E-state index is 11.6. The Kier molecular flexibility index (Phi) is 7.54. The third-order valence-electron chi connectivity index (χ3n) is 2.33. The van der Waals surface area contributed by atoms with E-state index in [1.807, 2.05) is 20.8 Å². The van der Waals surface area contributed by atoms with E-state index in [9.17, 15) is 9.59 Å². The van der Waals surface area contributed by atoms with Crippen LogP contribution in [-0.4, -0.2) is 36.7 Å². The van der Waals surface area contributed by atoms with Crippen LogP contribution in [0.2, 0.25) is 0 Å². The van der Waals surface area contributed by atoms with Crippen LogP contribution in [-0.2, 0) is 14.3 Å². The molecule has 17 heavy (non-hydrogen) atoms. The zero-order chi connectivity index (χ0) is 13.4. The number of carbonyl (C=O) groups is 2. The molecule has 0 radical (unpaired) electrons. The van der Waals surface area contributed by atoms with E-state index in [-0.39, 0.29) is 24.2 Å². The monoisotopic (exact) mass is 245 g/mol. The van der Waals surface area contributed by atoms with Gasteiger partial charge in [-0.15, -0.1) is 0 Å². The molecular formula is C12H23NO4. The van der Waals surface area contributed by atoms with E-state index >= 15 is 0 Å². The predicted molar refractivity (Wildman–Crippen MR) is 64.7 cm³/mol. The lowest BCUT2D eigenvalue weighted by atomic mass is 10.0. The Morgan fingerprint density at radius 2 is 1.88 bits per heavy atom. The Hall–Kier alpha value is -1.10. The number of hydrogen-bond donors (Lipinski definition) is 2. The van der Waals surface area contributed by atoms with Crippen molar-refractivity contribution in [3.8, 4) is 0 Å². The molecule has 1 amide bonds. The van der Waals surface area contributed by atoms with Crippen molar-refractivity contribution in [1.82, 2.24) is 5.32 Å². The lowest BCUT2D eigenvalue weighted by Crippen LogP contribution is -2.42. The SMILES string of the molecule is COCC(C)CC(=O)N[C@@H](CC(C)C)C(=O)O. The summed E-state index contributed by atoms with van der Waals surface area (Å²) in [6, 6.07) is -0.794. The van der Waals surface area contributed by atoms with Crippen LogP contribution >= 0.6 is 0 Å². The second-order valence-corrected chi connectivity index (χ2v) is 4.85. The average molecular weight is 245 g/mol. The summed E-state index contributed by atoms with van der Waals surface area (Å²) in [6.45, 7) is 6.24. The summed E-state index contributed by atoms with van der Waals surface area (Å²) in [4.78, 5) is 22.5. The number of carbonyl (C=O) groups excluding carboxylic acids is 1. The van der Waals surface area contributed by atoms with Crippen molar-refractivity contribution in [2.24, 2.45) is 11.8 Å². The minimum atomic E-state index is -0.980. The highest BCUT2D eigenvalue weighted by Crippen LogP contribution is 2.07. The van der Waals surface area contributed by atoms with Gasteiger partial charge in [-0.2, -0.15) is 0 Å². The zero-order valence-corrected chi connectivity index (χ0v) is 11.0. The van der Waals surface area contributed by atoms with Crippen molar-refractivity contribution in [1.29, 1.82) is 0 Å². The lowest BCUT2D eigenvalue weighted by molar-refractivity contribution is -0.142. The van der Waals surface area contributed by atoms with Crippen LogP contribution in [0, 0.1) is 11.8 Å². The van der Waals surface area contributed by atoms with Crippen molar-refractivity contribution in [3.05, 3.63) is 0 Å². The molecule has 1 unspecified atom stereocenters. The molecule has 0 aromatic carbocycles. The lowest BCUT2D eigenvalue weighted by Gasteiger charge is -2.17. The van der Waals surface area contributed by atoms with Crippen LogP contribution in [0.3, 0.4) is 0 Å². The number of ether oxygens (including phenoxy) is 1. The molecular weight excluding hydrogens is 222 g/mol. The van der Waals surface area contributed by atoms with Crippen LogP contribution in [0.15, 0.2) is 0 Å². The second-order valence-electron chi connectivity index (χ2n) is 4.85. The molecule has 5 nitrogen and oxygen atoms in total. The first-order valence-corrected chi connectivity index (χ1v) is 5.87. The van der Waals surface area contributed by atoms with E-state index in [0.717, 1.165) is 0 Å². The number of rotatable bonds is 8. The smallest absolute Gasteiger partial charge is 0.326 e. The van der Waals surface area contributed by atoms with Gasteiger partial charge in [0.25, 0.3) is 0 Å². The van der Waals surface area contributed by atoms with E-state index in [1.54, 1.807) is 7.11 Å². The van der Waals surface area contributed by atoms with Gasteiger partial charge in [-0.05, 0) is 18.3 Å². The first-order chi connectivity index (χ1) is 7.86. The minimum absolute atomic E-state index is 0.0912. The molecule has 0 fully saturated rings. The molecule has 0 aliphatic heterocycles. The van der Waals surface area contributed by atoms with Crippen LogP contribution < -0.4 is 5.32 Å². The molecule has 0 aromatic heterocycles. The van der Waals surface area contributed by atoms with Gasteiger partial charge in [0.15, 0.2) is 0 Å². The van der Waals surface area contributed by atoms with Gasteiger partial charge in [0.1, 0.15) is 6.04 Å². The number of carboxylic acids is 1. The van der Waals surface area contributed by atoms with E-state index in [1.165, 1.54) is 0 Å². The molecule has 0 aliphatic rings. The van der Waals surface area contributed by atoms with Gasteiger partial charge >= 0.3 is 5.97 Å². The highest BCUT2D eigenvalue weighted by molar-refractivity contribution is 5.83. The Morgan fingerprint density at radius 1 is 1.29 bits per heavy atom. The standard InChI is InChI=1S/C12H23NO4/c1-8(2)5-10(12(15)16)13-11(14)6-9(3)7-17-4/h8-10H,5-7H2,1-4H3,(H,13,14)(H,15,16)/t9?,10-/m0/s1. The molecule has 100 valence electrons. The van der Waals surface area contributed by atoms with E-state index in [2.05, 4.69) is 5.32 Å². The van der Waals surface area contributed by atoms with Gasteiger partial charge in [-0.3, -0.25) is 4.79 Å². The van der Waals surface area contributed by atoms with Crippen LogP contribution in [0.5, 0.6) is 0 Å². The van der Waals surface area contributed by atoms with Crippen molar-refractivity contribution < 1.29 is 19.4 Å². The molecule has 0 saturated carbocycles. The molecule has 0 saturated heterocycles.